The molecule has 11 aromatic rings. The summed E-state index contributed by atoms with van der Waals surface area (Å²) in [5.74, 6) is 1.70. The maximum absolute atomic E-state index is 5.39. The van der Waals surface area contributed by atoms with Crippen LogP contribution >= 0.6 is 0 Å². The van der Waals surface area contributed by atoms with E-state index in [0.29, 0.717) is 17.5 Å². The van der Waals surface area contributed by atoms with Crippen molar-refractivity contribution in [3.05, 3.63) is 243 Å². The fraction of sp³-hybridized carbons (Fsp3) is 0. The standard InChI is InChI=1S/C60H39N4.Ir/c1-5-18-41(19-6-1)49-33-50(42-20-7-2-8-21-42)36-53(35-49)59-62-58(47-29-17-28-46(32-47)57-39-45-26-13-14-27-48(45)40-61-57)63-60(64-59)54-37-51(43-22-9-3-10-23-43)34-52(38-54)56-31-16-15-30-55(56)44-24-11-4-12-25-44;/h1-27,29-40H;/q-1;. The summed E-state index contributed by atoms with van der Waals surface area (Å²) < 4.78 is 0. The van der Waals surface area contributed by atoms with Gasteiger partial charge in [-0.25, -0.2) is 15.0 Å². The molecule has 0 aliphatic carbocycles. The van der Waals surface area contributed by atoms with Crippen molar-refractivity contribution in [1.29, 1.82) is 0 Å². The Morgan fingerprint density at radius 2 is 0.692 bits per heavy atom. The molecule has 5 heteroatoms. The molecule has 0 aliphatic heterocycles. The van der Waals surface area contributed by atoms with E-state index in [4.69, 9.17) is 19.9 Å². The van der Waals surface area contributed by atoms with Gasteiger partial charge in [0.15, 0.2) is 11.6 Å². The molecule has 0 unspecified atom stereocenters. The predicted octanol–water partition coefficient (Wildman–Crippen LogP) is 15.2. The molecule has 309 valence electrons. The SMILES string of the molecule is [Ir].[c-]1ccc(-c2nc(-c3cc(-c4ccccc4)cc(-c4ccccc4)c3)nc(-c3cc(-c4ccccc4)cc(-c4ccccc4-c4ccccc4)c3)n2)cc1-c1cc2ccccc2cn1. The first-order chi connectivity index (χ1) is 31.7. The van der Waals surface area contributed by atoms with Gasteiger partial charge in [0.2, 0.25) is 0 Å². The average molecular weight is 1010 g/mol. The summed E-state index contributed by atoms with van der Waals surface area (Å²) >= 11 is 0. The van der Waals surface area contributed by atoms with E-state index in [2.05, 4.69) is 206 Å². The van der Waals surface area contributed by atoms with Crippen LogP contribution in [0.4, 0.5) is 0 Å². The molecule has 65 heavy (non-hydrogen) atoms. The summed E-state index contributed by atoms with van der Waals surface area (Å²) in [5.41, 5.74) is 15.3. The predicted molar refractivity (Wildman–Crippen MR) is 263 cm³/mol. The van der Waals surface area contributed by atoms with Gasteiger partial charge in [0.25, 0.3) is 0 Å². The molecule has 0 saturated carbocycles. The average Bonchev–Trinajstić information content (AvgIpc) is 3.39. The van der Waals surface area contributed by atoms with Gasteiger partial charge < -0.3 is 4.98 Å². The minimum Gasteiger partial charge on any atom is -0.304 e. The van der Waals surface area contributed by atoms with Crippen LogP contribution in [0, 0.1) is 6.07 Å². The number of fused-ring (bicyclic) bond motifs is 1. The van der Waals surface area contributed by atoms with Crippen molar-refractivity contribution in [2.75, 3.05) is 0 Å². The van der Waals surface area contributed by atoms with Crippen LogP contribution in [0.1, 0.15) is 0 Å². The van der Waals surface area contributed by atoms with Crippen LogP contribution in [-0.2, 0) is 20.1 Å². The maximum Gasteiger partial charge on any atom is 0.164 e. The number of hydrogen-bond donors (Lipinski definition) is 0. The van der Waals surface area contributed by atoms with E-state index in [9.17, 15) is 0 Å². The molecule has 0 atom stereocenters. The number of benzene rings is 9. The first kappa shape index (κ1) is 41.1. The summed E-state index contributed by atoms with van der Waals surface area (Å²) in [6.45, 7) is 0. The van der Waals surface area contributed by atoms with Crippen molar-refractivity contribution < 1.29 is 20.1 Å². The zero-order valence-corrected chi connectivity index (χ0v) is 37.5. The van der Waals surface area contributed by atoms with E-state index in [1.165, 1.54) is 0 Å². The summed E-state index contributed by atoms with van der Waals surface area (Å²) in [6.07, 6.45) is 1.92. The van der Waals surface area contributed by atoms with Crippen molar-refractivity contribution in [3.63, 3.8) is 0 Å². The summed E-state index contributed by atoms with van der Waals surface area (Å²) in [4.78, 5) is 20.9. The molecule has 2 aromatic heterocycles. The normalized spacial score (nSPS) is 11.0. The molecule has 0 N–H and O–H groups in total. The van der Waals surface area contributed by atoms with Gasteiger partial charge in [-0.1, -0.05) is 181 Å². The molecular formula is C60H39IrN4-. The minimum atomic E-state index is 0. The van der Waals surface area contributed by atoms with Gasteiger partial charge in [-0.05, 0) is 108 Å². The largest absolute Gasteiger partial charge is 0.304 e. The molecule has 1 radical (unpaired) electrons. The third-order valence-electron chi connectivity index (χ3n) is 11.6. The zero-order chi connectivity index (χ0) is 42.7. The second-order valence-electron chi connectivity index (χ2n) is 15.8. The van der Waals surface area contributed by atoms with Crippen LogP contribution in [0.2, 0.25) is 0 Å². The molecule has 0 aliphatic rings. The van der Waals surface area contributed by atoms with E-state index in [1.807, 2.05) is 36.5 Å². The topological polar surface area (TPSA) is 51.6 Å². The van der Waals surface area contributed by atoms with Crippen LogP contribution in [-0.4, -0.2) is 19.9 Å². The molecular weight excluding hydrogens is 969 g/mol. The quantitative estimate of drug-likeness (QED) is 0.135. The molecule has 0 fully saturated rings. The monoisotopic (exact) mass is 1010 g/mol. The molecule has 11 rings (SSSR count). The molecule has 0 amide bonds. The van der Waals surface area contributed by atoms with E-state index < -0.39 is 0 Å². The number of nitrogens with zero attached hydrogens (tertiary/aromatic N) is 4. The Balaban J connectivity index is 0.00000498. The van der Waals surface area contributed by atoms with Gasteiger partial charge in [0.05, 0.1) is 0 Å². The van der Waals surface area contributed by atoms with Crippen LogP contribution in [0.5, 0.6) is 0 Å². The molecule has 4 nitrogen and oxygen atoms in total. The number of rotatable bonds is 9. The van der Waals surface area contributed by atoms with Crippen molar-refractivity contribution in [3.8, 4) is 101 Å². The molecule has 2 heterocycles. The van der Waals surface area contributed by atoms with E-state index >= 15 is 0 Å². The smallest absolute Gasteiger partial charge is 0.164 e. The zero-order valence-electron chi connectivity index (χ0n) is 35.1. The Hall–Kier alpha value is -7.95. The van der Waals surface area contributed by atoms with Gasteiger partial charge in [-0.15, -0.1) is 29.8 Å². The van der Waals surface area contributed by atoms with Gasteiger partial charge in [0.1, 0.15) is 5.82 Å². The third kappa shape index (κ3) is 8.72. The fourth-order valence-corrected chi connectivity index (χ4v) is 8.41. The second kappa shape index (κ2) is 18.4. The minimum absolute atomic E-state index is 0. The van der Waals surface area contributed by atoms with Crippen molar-refractivity contribution in [2.24, 2.45) is 0 Å². The number of aromatic nitrogens is 4. The summed E-state index contributed by atoms with van der Waals surface area (Å²) in [5, 5.41) is 2.21. The van der Waals surface area contributed by atoms with Gasteiger partial charge in [-0.3, -0.25) is 0 Å². The van der Waals surface area contributed by atoms with Gasteiger partial charge >= 0.3 is 0 Å². The molecule has 9 aromatic carbocycles. The van der Waals surface area contributed by atoms with E-state index in [-0.39, 0.29) is 20.1 Å². The second-order valence-corrected chi connectivity index (χ2v) is 15.8. The Kier molecular flexibility index (Phi) is 11.6. The molecule has 0 spiro atoms. The van der Waals surface area contributed by atoms with Crippen molar-refractivity contribution >= 4 is 10.8 Å². The Labute approximate surface area is 392 Å². The first-order valence-corrected chi connectivity index (χ1v) is 21.4. The Morgan fingerprint density at radius 1 is 0.292 bits per heavy atom. The van der Waals surface area contributed by atoms with Crippen LogP contribution in [0.25, 0.3) is 112 Å². The first-order valence-electron chi connectivity index (χ1n) is 21.4. The maximum atomic E-state index is 5.39. The molecule has 0 saturated heterocycles. The summed E-state index contributed by atoms with van der Waals surface area (Å²) in [7, 11) is 0. The van der Waals surface area contributed by atoms with Crippen LogP contribution < -0.4 is 0 Å². The Morgan fingerprint density at radius 3 is 1.23 bits per heavy atom. The van der Waals surface area contributed by atoms with E-state index in [1.54, 1.807) is 0 Å². The van der Waals surface area contributed by atoms with Crippen molar-refractivity contribution in [1.82, 2.24) is 19.9 Å². The number of pyridine rings is 1. The van der Waals surface area contributed by atoms with Crippen LogP contribution in [0.15, 0.2) is 237 Å². The third-order valence-corrected chi connectivity index (χ3v) is 11.6. The van der Waals surface area contributed by atoms with E-state index in [0.717, 1.165) is 94.4 Å². The number of hydrogen-bond acceptors (Lipinski definition) is 4. The van der Waals surface area contributed by atoms with Gasteiger partial charge in [0, 0.05) is 37.4 Å². The van der Waals surface area contributed by atoms with Crippen LogP contribution in [0.3, 0.4) is 0 Å². The molecule has 0 bridgehead atoms. The Bertz CT molecular complexity index is 3370. The fourth-order valence-electron chi connectivity index (χ4n) is 8.41. The van der Waals surface area contributed by atoms with Gasteiger partial charge in [-0.2, -0.15) is 0 Å². The van der Waals surface area contributed by atoms with Crippen molar-refractivity contribution in [2.45, 2.75) is 0 Å². The summed E-state index contributed by atoms with van der Waals surface area (Å²) in [6, 6.07) is 83.8.